The summed E-state index contributed by atoms with van der Waals surface area (Å²) in [6.07, 6.45) is 3.79. The van der Waals surface area contributed by atoms with E-state index in [1.165, 1.54) is 17.6 Å². The Balaban J connectivity index is 3.01. The van der Waals surface area contributed by atoms with Crippen molar-refractivity contribution < 1.29 is 0 Å². The van der Waals surface area contributed by atoms with Crippen LogP contribution in [-0.4, -0.2) is 0 Å². The van der Waals surface area contributed by atoms with Crippen LogP contribution in [0.15, 0.2) is 23.8 Å². The molecule has 1 aliphatic rings. The lowest BCUT2D eigenvalue weighted by atomic mass is 9.69. The molecule has 92 valence electrons. The van der Waals surface area contributed by atoms with Gasteiger partial charge >= 0.3 is 0 Å². The first kappa shape index (κ1) is 13.5. The van der Waals surface area contributed by atoms with Crippen LogP contribution in [0.25, 0.3) is 0 Å². The summed E-state index contributed by atoms with van der Waals surface area (Å²) in [5.74, 6) is 3.53. The molecule has 1 aliphatic carbocycles. The molecule has 0 nitrogen and oxygen atoms in total. The highest BCUT2D eigenvalue weighted by atomic mass is 14.3. The van der Waals surface area contributed by atoms with E-state index in [1.54, 1.807) is 0 Å². The van der Waals surface area contributed by atoms with Gasteiger partial charge in [0.2, 0.25) is 0 Å². The average molecular weight is 220 g/mol. The summed E-state index contributed by atoms with van der Waals surface area (Å²) in [5, 5.41) is 0. The molecule has 0 amide bonds. The molecule has 0 fully saturated rings. The van der Waals surface area contributed by atoms with E-state index < -0.39 is 0 Å². The van der Waals surface area contributed by atoms with Crippen LogP contribution in [-0.2, 0) is 0 Å². The van der Waals surface area contributed by atoms with Crippen molar-refractivity contribution in [2.24, 2.45) is 29.6 Å². The van der Waals surface area contributed by atoms with Gasteiger partial charge in [0.05, 0.1) is 0 Å². The van der Waals surface area contributed by atoms with Gasteiger partial charge in [0.25, 0.3) is 0 Å². The fraction of sp³-hybridized carbons (Fsp3) is 0.750. The maximum absolute atomic E-state index is 4.35. The molecule has 0 aromatic rings. The van der Waals surface area contributed by atoms with Gasteiger partial charge in [0.15, 0.2) is 0 Å². The van der Waals surface area contributed by atoms with Crippen LogP contribution >= 0.6 is 0 Å². The van der Waals surface area contributed by atoms with E-state index in [0.717, 1.165) is 17.8 Å². The zero-order valence-electron chi connectivity index (χ0n) is 11.9. The molecular weight excluding hydrogens is 192 g/mol. The van der Waals surface area contributed by atoms with E-state index in [-0.39, 0.29) is 0 Å². The fourth-order valence-corrected chi connectivity index (χ4v) is 2.76. The number of rotatable bonds is 3. The van der Waals surface area contributed by atoms with Crippen molar-refractivity contribution in [1.29, 1.82) is 0 Å². The van der Waals surface area contributed by atoms with E-state index in [9.17, 15) is 0 Å². The highest BCUT2D eigenvalue weighted by Gasteiger charge is 2.29. The maximum Gasteiger partial charge on any atom is -0.0136 e. The second-order valence-electron chi connectivity index (χ2n) is 6.30. The molecule has 2 unspecified atom stereocenters. The first-order valence-electron chi connectivity index (χ1n) is 6.75. The largest absolute Gasteiger partial charge is 0.0953 e. The summed E-state index contributed by atoms with van der Waals surface area (Å²) in [7, 11) is 0. The third-order valence-corrected chi connectivity index (χ3v) is 4.02. The Morgan fingerprint density at radius 1 is 1.06 bits per heavy atom. The molecule has 0 aliphatic heterocycles. The van der Waals surface area contributed by atoms with E-state index in [2.05, 4.69) is 54.2 Å². The van der Waals surface area contributed by atoms with Crippen molar-refractivity contribution in [3.05, 3.63) is 23.8 Å². The SMILES string of the molecule is C=C1C(C(C)C)=CC(C(C)C)CC1C(C)C. The van der Waals surface area contributed by atoms with Gasteiger partial charge in [-0.2, -0.15) is 0 Å². The minimum atomic E-state index is 0.621. The summed E-state index contributed by atoms with van der Waals surface area (Å²) in [5.41, 5.74) is 2.92. The molecule has 0 saturated heterocycles. The molecule has 0 heterocycles. The standard InChI is InChI=1S/C16H28/c1-10(2)14-8-15(11(3)4)13(7)16(9-14)12(5)6/h8,10-12,14,16H,7,9H2,1-6H3. The maximum atomic E-state index is 4.35. The Morgan fingerprint density at radius 3 is 2.00 bits per heavy atom. The molecule has 0 bridgehead atoms. The number of hydrogen-bond acceptors (Lipinski definition) is 0. The van der Waals surface area contributed by atoms with Crippen LogP contribution in [0.4, 0.5) is 0 Å². The zero-order valence-corrected chi connectivity index (χ0v) is 11.9. The number of hydrogen-bond donors (Lipinski definition) is 0. The van der Waals surface area contributed by atoms with Crippen LogP contribution in [0.3, 0.4) is 0 Å². The highest BCUT2D eigenvalue weighted by molar-refractivity contribution is 5.36. The van der Waals surface area contributed by atoms with Gasteiger partial charge < -0.3 is 0 Å². The van der Waals surface area contributed by atoms with Crippen molar-refractivity contribution in [2.75, 3.05) is 0 Å². The second kappa shape index (κ2) is 5.21. The minimum Gasteiger partial charge on any atom is -0.0953 e. The van der Waals surface area contributed by atoms with Crippen LogP contribution in [0.5, 0.6) is 0 Å². The molecule has 0 aromatic carbocycles. The van der Waals surface area contributed by atoms with Crippen LogP contribution in [0, 0.1) is 29.6 Å². The summed E-state index contributed by atoms with van der Waals surface area (Å²) in [4.78, 5) is 0. The second-order valence-corrected chi connectivity index (χ2v) is 6.30. The Bertz CT molecular complexity index is 278. The quantitative estimate of drug-likeness (QED) is 0.622. The summed E-state index contributed by atoms with van der Waals surface area (Å²) >= 11 is 0. The first-order chi connectivity index (χ1) is 7.34. The van der Waals surface area contributed by atoms with E-state index in [4.69, 9.17) is 0 Å². The van der Waals surface area contributed by atoms with Crippen molar-refractivity contribution in [3.63, 3.8) is 0 Å². The predicted molar refractivity (Wildman–Crippen MR) is 73.3 cm³/mol. The molecule has 0 N–H and O–H groups in total. The Hall–Kier alpha value is -0.520. The molecular formula is C16H28. The van der Waals surface area contributed by atoms with E-state index in [0.29, 0.717) is 11.8 Å². The molecule has 1 rings (SSSR count). The van der Waals surface area contributed by atoms with Crippen molar-refractivity contribution in [3.8, 4) is 0 Å². The van der Waals surface area contributed by atoms with Gasteiger partial charge in [-0.3, -0.25) is 0 Å². The van der Waals surface area contributed by atoms with Gasteiger partial charge in [-0.25, -0.2) is 0 Å². The lowest BCUT2D eigenvalue weighted by Gasteiger charge is -2.36. The van der Waals surface area contributed by atoms with Crippen molar-refractivity contribution in [2.45, 2.75) is 48.0 Å². The highest BCUT2D eigenvalue weighted by Crippen LogP contribution is 2.41. The van der Waals surface area contributed by atoms with Crippen LogP contribution in [0.1, 0.15) is 48.0 Å². The van der Waals surface area contributed by atoms with Crippen LogP contribution in [0.2, 0.25) is 0 Å². The Kier molecular flexibility index (Phi) is 4.41. The Morgan fingerprint density at radius 2 is 1.62 bits per heavy atom. The molecule has 16 heavy (non-hydrogen) atoms. The normalized spacial score (nSPS) is 26.8. The molecule has 2 atom stereocenters. The first-order valence-corrected chi connectivity index (χ1v) is 6.75. The smallest absolute Gasteiger partial charge is 0.0136 e. The molecule has 0 saturated carbocycles. The third kappa shape index (κ3) is 2.78. The number of allylic oxidation sites excluding steroid dienone is 3. The van der Waals surface area contributed by atoms with Gasteiger partial charge in [0, 0.05) is 0 Å². The molecule has 0 radical (unpaired) electrons. The van der Waals surface area contributed by atoms with Gasteiger partial charge in [-0.1, -0.05) is 54.2 Å². The molecule has 0 aromatic heterocycles. The molecule has 0 heteroatoms. The third-order valence-electron chi connectivity index (χ3n) is 4.02. The summed E-state index contributed by atoms with van der Waals surface area (Å²) < 4.78 is 0. The van der Waals surface area contributed by atoms with Crippen molar-refractivity contribution in [1.82, 2.24) is 0 Å². The monoisotopic (exact) mass is 220 g/mol. The lowest BCUT2D eigenvalue weighted by Crippen LogP contribution is -2.25. The molecule has 0 spiro atoms. The zero-order chi connectivity index (χ0) is 12.5. The average Bonchev–Trinajstić information content (AvgIpc) is 2.16. The van der Waals surface area contributed by atoms with E-state index in [1.807, 2.05) is 0 Å². The summed E-state index contributed by atoms with van der Waals surface area (Å²) in [6, 6.07) is 0. The lowest BCUT2D eigenvalue weighted by molar-refractivity contribution is 0.306. The topological polar surface area (TPSA) is 0 Å². The van der Waals surface area contributed by atoms with Gasteiger partial charge in [-0.05, 0) is 47.2 Å². The Labute approximate surface area is 102 Å². The minimum absolute atomic E-state index is 0.621. The van der Waals surface area contributed by atoms with Gasteiger partial charge in [0.1, 0.15) is 0 Å². The van der Waals surface area contributed by atoms with Crippen molar-refractivity contribution >= 4 is 0 Å². The predicted octanol–water partition coefficient (Wildman–Crippen LogP) is 5.07. The van der Waals surface area contributed by atoms with E-state index >= 15 is 0 Å². The fourth-order valence-electron chi connectivity index (χ4n) is 2.76. The summed E-state index contributed by atoms with van der Waals surface area (Å²) in [6.45, 7) is 18.3. The van der Waals surface area contributed by atoms with Gasteiger partial charge in [-0.15, -0.1) is 0 Å². The van der Waals surface area contributed by atoms with Crippen LogP contribution < -0.4 is 0 Å².